The molecule has 1 aliphatic rings. The van der Waals surface area contributed by atoms with Gasteiger partial charge in [-0.1, -0.05) is 33.4 Å². The van der Waals surface area contributed by atoms with Crippen LogP contribution < -0.4 is 16.0 Å². The Kier molecular flexibility index (Phi) is 8.06. The largest absolute Gasteiger partial charge is 0.355 e. The summed E-state index contributed by atoms with van der Waals surface area (Å²) < 4.78 is 0. The summed E-state index contributed by atoms with van der Waals surface area (Å²) in [4.78, 5) is 21.6. The summed E-state index contributed by atoms with van der Waals surface area (Å²) in [5.74, 6) is 0.413. The van der Waals surface area contributed by atoms with Gasteiger partial charge in [0.05, 0.1) is 17.0 Å². The average molecular weight is 461 g/mol. The normalized spacial score (nSPS) is 15.6. The second-order valence-corrected chi connectivity index (χ2v) is 10.2. The number of benzene rings is 1. The van der Waals surface area contributed by atoms with Gasteiger partial charge in [-0.25, -0.2) is 9.97 Å². The van der Waals surface area contributed by atoms with Gasteiger partial charge in [0.1, 0.15) is 6.07 Å². The Morgan fingerprint density at radius 1 is 1.32 bits per heavy atom. The number of allylic oxidation sites excluding steroid dienone is 1. The number of nitrogens with one attached hydrogen (secondary N) is 3. The van der Waals surface area contributed by atoms with Crippen LogP contribution in [0.5, 0.6) is 0 Å². The molecule has 3 N–H and O–H groups in total. The van der Waals surface area contributed by atoms with E-state index >= 15 is 0 Å². The molecular weight excluding hydrogens is 424 g/mol. The summed E-state index contributed by atoms with van der Waals surface area (Å²) in [7, 11) is 1.62. The van der Waals surface area contributed by atoms with E-state index in [1.165, 1.54) is 0 Å². The van der Waals surface area contributed by atoms with Crippen LogP contribution in [0.3, 0.4) is 0 Å². The third kappa shape index (κ3) is 6.42. The smallest absolute Gasteiger partial charge is 0.251 e. The molecule has 1 aliphatic heterocycles. The predicted octanol–water partition coefficient (Wildman–Crippen LogP) is 4.02. The molecule has 1 amide bonds. The van der Waals surface area contributed by atoms with Gasteiger partial charge in [-0.2, -0.15) is 5.26 Å². The highest BCUT2D eigenvalue weighted by Gasteiger charge is 2.22. The van der Waals surface area contributed by atoms with Crippen molar-refractivity contribution < 1.29 is 4.79 Å². The molecule has 1 aromatic heterocycles. The van der Waals surface area contributed by atoms with Gasteiger partial charge in [0.25, 0.3) is 5.91 Å². The van der Waals surface area contributed by atoms with E-state index in [9.17, 15) is 10.1 Å². The van der Waals surface area contributed by atoms with Crippen molar-refractivity contribution in [3.05, 3.63) is 58.4 Å². The number of hydrogen-bond acceptors (Lipinski definition) is 6. The summed E-state index contributed by atoms with van der Waals surface area (Å²) in [5, 5.41) is 19.5. The lowest BCUT2D eigenvalue weighted by Crippen LogP contribution is -2.24. The molecule has 1 fully saturated rings. The zero-order valence-electron chi connectivity index (χ0n) is 21.0. The van der Waals surface area contributed by atoms with Gasteiger partial charge in [0, 0.05) is 25.2 Å². The van der Waals surface area contributed by atoms with Crippen molar-refractivity contribution >= 4 is 17.4 Å². The van der Waals surface area contributed by atoms with E-state index in [0.29, 0.717) is 35.6 Å². The fourth-order valence-electron chi connectivity index (χ4n) is 4.04. The van der Waals surface area contributed by atoms with Crippen molar-refractivity contribution in [2.45, 2.75) is 59.4 Å². The number of nitrogens with zero attached hydrogens (tertiary/aromatic N) is 3. The first-order chi connectivity index (χ1) is 16.1. The lowest BCUT2D eigenvalue weighted by molar-refractivity contribution is 0.0963. The highest BCUT2D eigenvalue weighted by Crippen LogP contribution is 2.28. The van der Waals surface area contributed by atoms with Gasteiger partial charge in [-0.3, -0.25) is 4.79 Å². The Labute approximate surface area is 203 Å². The first-order valence-corrected chi connectivity index (χ1v) is 11.9. The Bertz CT molecular complexity index is 1100. The Morgan fingerprint density at radius 3 is 2.71 bits per heavy atom. The van der Waals surface area contributed by atoms with Crippen molar-refractivity contribution in [1.82, 2.24) is 20.6 Å². The number of nitriles is 1. The molecule has 180 valence electrons. The minimum atomic E-state index is -0.132. The van der Waals surface area contributed by atoms with Crippen LogP contribution in [0.1, 0.15) is 72.0 Å². The van der Waals surface area contributed by atoms with Crippen molar-refractivity contribution in [1.29, 1.82) is 5.26 Å². The third-order valence-electron chi connectivity index (χ3n) is 6.18. The monoisotopic (exact) mass is 460 g/mol. The lowest BCUT2D eigenvalue weighted by atomic mass is 9.88. The second kappa shape index (κ2) is 10.8. The molecule has 3 rings (SSSR count). The van der Waals surface area contributed by atoms with Crippen molar-refractivity contribution in [3.8, 4) is 6.07 Å². The van der Waals surface area contributed by atoms with E-state index in [4.69, 9.17) is 9.97 Å². The Morgan fingerprint density at radius 2 is 2.09 bits per heavy atom. The molecule has 2 heterocycles. The molecule has 0 aliphatic carbocycles. The van der Waals surface area contributed by atoms with Crippen LogP contribution in [0.25, 0.3) is 5.57 Å². The molecule has 0 radical (unpaired) electrons. The standard InChI is InChI=1S/C27H36N6O/c1-17-7-8-19(25(34)29-6)14-20(17)13-18(2)24-22(15-28)23(9-11-27(3,4)5)32-26(33-24)31-21-10-12-30-16-21/h7-8,14,21,30H,2,9-13,16H2,1,3-6H3,(H,29,34)(H,31,32,33)/t21-/m0/s1. The molecule has 0 unspecified atom stereocenters. The van der Waals surface area contributed by atoms with Gasteiger partial charge in [-0.05, 0) is 73.4 Å². The quantitative estimate of drug-likeness (QED) is 0.550. The minimum absolute atomic E-state index is 0.120. The number of hydrogen-bond donors (Lipinski definition) is 3. The molecule has 0 saturated carbocycles. The summed E-state index contributed by atoms with van der Waals surface area (Å²) in [5.41, 5.74) is 5.33. The molecule has 7 nitrogen and oxygen atoms in total. The van der Waals surface area contributed by atoms with Gasteiger partial charge in [0.2, 0.25) is 5.95 Å². The topological polar surface area (TPSA) is 103 Å². The minimum Gasteiger partial charge on any atom is -0.355 e. The van der Waals surface area contributed by atoms with Crippen LogP contribution in [0.15, 0.2) is 24.8 Å². The molecule has 1 atom stereocenters. The van der Waals surface area contributed by atoms with Gasteiger partial charge >= 0.3 is 0 Å². The predicted molar refractivity (Wildman–Crippen MR) is 137 cm³/mol. The number of amides is 1. The number of carbonyl (C=O) groups is 1. The SMILES string of the molecule is C=C(Cc1cc(C(=O)NC)ccc1C)c1nc(N[C@H]2CCNC2)nc(CCC(C)(C)C)c1C#N. The van der Waals surface area contributed by atoms with Crippen LogP contribution >= 0.6 is 0 Å². The summed E-state index contributed by atoms with van der Waals surface area (Å²) in [6.07, 6.45) is 3.09. The van der Waals surface area contributed by atoms with E-state index in [2.05, 4.69) is 49.4 Å². The molecule has 1 saturated heterocycles. The van der Waals surface area contributed by atoms with Crippen LogP contribution in [0.2, 0.25) is 0 Å². The van der Waals surface area contributed by atoms with Gasteiger partial charge in [-0.15, -0.1) is 0 Å². The van der Waals surface area contributed by atoms with Gasteiger partial charge in [0.15, 0.2) is 0 Å². The van der Waals surface area contributed by atoms with Crippen molar-refractivity contribution in [3.63, 3.8) is 0 Å². The fourth-order valence-corrected chi connectivity index (χ4v) is 4.04. The molecule has 34 heavy (non-hydrogen) atoms. The maximum atomic E-state index is 12.1. The molecule has 7 heteroatoms. The lowest BCUT2D eigenvalue weighted by Gasteiger charge is -2.20. The molecule has 0 spiro atoms. The summed E-state index contributed by atoms with van der Waals surface area (Å²) in [6.45, 7) is 14.7. The first-order valence-electron chi connectivity index (χ1n) is 11.9. The van der Waals surface area contributed by atoms with Crippen molar-refractivity contribution in [2.24, 2.45) is 5.41 Å². The van der Waals surface area contributed by atoms with E-state index in [1.54, 1.807) is 7.05 Å². The van der Waals surface area contributed by atoms with Crippen LogP contribution in [0, 0.1) is 23.7 Å². The van der Waals surface area contributed by atoms with Crippen LogP contribution in [0.4, 0.5) is 5.95 Å². The highest BCUT2D eigenvalue weighted by atomic mass is 16.1. The van der Waals surface area contributed by atoms with E-state index < -0.39 is 0 Å². The fraction of sp³-hybridized carbons (Fsp3) is 0.481. The molecular formula is C27H36N6O. The van der Waals surface area contributed by atoms with Gasteiger partial charge < -0.3 is 16.0 Å². The Hall–Kier alpha value is -3.24. The van der Waals surface area contributed by atoms with E-state index in [1.807, 2.05) is 25.1 Å². The molecule has 1 aromatic carbocycles. The van der Waals surface area contributed by atoms with E-state index in [-0.39, 0.29) is 17.4 Å². The maximum absolute atomic E-state index is 12.1. The number of aromatic nitrogens is 2. The average Bonchev–Trinajstić information content (AvgIpc) is 3.30. The number of anilines is 1. The van der Waals surface area contributed by atoms with Crippen LogP contribution in [-0.4, -0.2) is 42.1 Å². The third-order valence-corrected chi connectivity index (χ3v) is 6.18. The number of aryl methyl sites for hydroxylation is 2. The zero-order valence-corrected chi connectivity index (χ0v) is 21.0. The van der Waals surface area contributed by atoms with E-state index in [0.717, 1.165) is 48.3 Å². The zero-order chi connectivity index (χ0) is 24.9. The summed E-state index contributed by atoms with van der Waals surface area (Å²) in [6, 6.07) is 8.25. The second-order valence-electron chi connectivity index (χ2n) is 10.2. The first kappa shape index (κ1) is 25.4. The maximum Gasteiger partial charge on any atom is 0.251 e. The molecule has 2 aromatic rings. The van der Waals surface area contributed by atoms with Crippen LogP contribution in [-0.2, 0) is 12.8 Å². The van der Waals surface area contributed by atoms with Crippen molar-refractivity contribution in [2.75, 3.05) is 25.5 Å². The highest BCUT2D eigenvalue weighted by molar-refractivity contribution is 5.94. The summed E-state index contributed by atoms with van der Waals surface area (Å²) >= 11 is 0. The number of rotatable bonds is 8. The number of carbonyl (C=O) groups excluding carboxylic acids is 1. The molecule has 0 bridgehead atoms. The Balaban J connectivity index is 1.98.